The van der Waals surface area contributed by atoms with Crippen LogP contribution in [0.4, 0.5) is 0 Å². The van der Waals surface area contributed by atoms with Gasteiger partial charge in [0, 0.05) is 7.11 Å². The van der Waals surface area contributed by atoms with Crippen LogP contribution in [0.3, 0.4) is 0 Å². The molecular weight excluding hydrogens is 158 g/mol. The van der Waals surface area contributed by atoms with E-state index >= 15 is 0 Å². The van der Waals surface area contributed by atoms with Crippen molar-refractivity contribution in [3.63, 3.8) is 0 Å². The van der Waals surface area contributed by atoms with Crippen molar-refractivity contribution in [1.29, 1.82) is 0 Å². The normalized spacial score (nSPS) is 29.7. The number of carbonyl (C=O) groups is 2. The van der Waals surface area contributed by atoms with Gasteiger partial charge in [0.15, 0.2) is 0 Å². The Hall–Kier alpha value is -0.900. The van der Waals surface area contributed by atoms with Crippen molar-refractivity contribution in [2.75, 3.05) is 7.11 Å². The summed E-state index contributed by atoms with van der Waals surface area (Å²) in [4.78, 5) is 22.3. The van der Waals surface area contributed by atoms with Gasteiger partial charge in [0.25, 0.3) is 5.91 Å². The lowest BCUT2D eigenvalue weighted by molar-refractivity contribution is -0.129. The fourth-order valence-corrected chi connectivity index (χ4v) is 1.48. The van der Waals surface area contributed by atoms with Gasteiger partial charge in [0.2, 0.25) is 5.91 Å². The van der Waals surface area contributed by atoms with Crippen LogP contribution in [0.5, 0.6) is 0 Å². The second kappa shape index (κ2) is 3.23. The third-order valence-corrected chi connectivity index (χ3v) is 2.11. The van der Waals surface area contributed by atoms with Gasteiger partial charge in [0.1, 0.15) is 6.10 Å². The van der Waals surface area contributed by atoms with E-state index in [2.05, 4.69) is 5.32 Å². The Morgan fingerprint density at radius 2 is 1.92 bits per heavy atom. The summed E-state index contributed by atoms with van der Waals surface area (Å²) < 4.78 is 4.93. The minimum atomic E-state index is -0.600. The zero-order chi connectivity index (χ0) is 9.30. The summed E-state index contributed by atoms with van der Waals surface area (Å²) >= 11 is 0. The quantitative estimate of drug-likeness (QED) is 0.592. The SMILES string of the molecule is COC1C(=O)NC(=O)C1C(C)C. The van der Waals surface area contributed by atoms with Gasteiger partial charge in [-0.3, -0.25) is 14.9 Å². The lowest BCUT2D eigenvalue weighted by Crippen LogP contribution is -2.29. The Morgan fingerprint density at radius 1 is 1.33 bits per heavy atom. The van der Waals surface area contributed by atoms with E-state index in [1.807, 2.05) is 13.8 Å². The maximum absolute atomic E-state index is 11.2. The van der Waals surface area contributed by atoms with Crippen LogP contribution in [0.15, 0.2) is 0 Å². The molecule has 1 fully saturated rings. The fourth-order valence-electron chi connectivity index (χ4n) is 1.48. The average molecular weight is 171 g/mol. The van der Waals surface area contributed by atoms with Crippen LogP contribution in [0, 0.1) is 11.8 Å². The number of rotatable bonds is 2. The summed E-state index contributed by atoms with van der Waals surface area (Å²) in [5.74, 6) is -0.744. The maximum Gasteiger partial charge on any atom is 0.256 e. The molecule has 1 N–H and O–H groups in total. The van der Waals surface area contributed by atoms with Crippen molar-refractivity contribution < 1.29 is 14.3 Å². The molecule has 1 aliphatic rings. The number of methoxy groups -OCH3 is 1. The number of imide groups is 1. The van der Waals surface area contributed by atoms with E-state index < -0.39 is 6.10 Å². The van der Waals surface area contributed by atoms with Crippen molar-refractivity contribution in [2.45, 2.75) is 20.0 Å². The highest BCUT2D eigenvalue weighted by Gasteiger charge is 2.43. The molecule has 1 heterocycles. The van der Waals surface area contributed by atoms with E-state index in [0.717, 1.165) is 0 Å². The van der Waals surface area contributed by atoms with Gasteiger partial charge < -0.3 is 4.74 Å². The molecule has 4 heteroatoms. The molecule has 1 aliphatic heterocycles. The molecule has 4 nitrogen and oxygen atoms in total. The van der Waals surface area contributed by atoms with Gasteiger partial charge in [-0.05, 0) is 5.92 Å². The molecule has 0 aliphatic carbocycles. The maximum atomic E-state index is 11.2. The van der Waals surface area contributed by atoms with Crippen molar-refractivity contribution in [2.24, 2.45) is 11.8 Å². The van der Waals surface area contributed by atoms with Crippen molar-refractivity contribution in [1.82, 2.24) is 5.32 Å². The molecule has 2 atom stereocenters. The lowest BCUT2D eigenvalue weighted by atomic mass is 9.92. The molecule has 2 amide bonds. The molecule has 0 aromatic rings. The number of carbonyl (C=O) groups excluding carboxylic acids is 2. The highest BCUT2D eigenvalue weighted by Crippen LogP contribution is 2.22. The smallest absolute Gasteiger partial charge is 0.256 e. The molecule has 68 valence electrons. The highest BCUT2D eigenvalue weighted by molar-refractivity contribution is 6.06. The zero-order valence-electron chi connectivity index (χ0n) is 7.46. The summed E-state index contributed by atoms with van der Waals surface area (Å²) in [7, 11) is 1.44. The molecular formula is C8H13NO3. The van der Waals surface area contributed by atoms with Gasteiger partial charge >= 0.3 is 0 Å². The van der Waals surface area contributed by atoms with Crippen LogP contribution < -0.4 is 5.32 Å². The molecule has 0 aromatic carbocycles. The van der Waals surface area contributed by atoms with E-state index in [1.165, 1.54) is 7.11 Å². The van der Waals surface area contributed by atoms with Crippen LogP contribution in [-0.4, -0.2) is 25.0 Å². The first-order valence-corrected chi connectivity index (χ1v) is 3.95. The zero-order valence-corrected chi connectivity index (χ0v) is 7.46. The molecule has 0 bridgehead atoms. The standard InChI is InChI=1S/C8H13NO3/c1-4(2)5-6(12-3)8(11)9-7(5)10/h4-6H,1-3H3,(H,9,10,11). The van der Waals surface area contributed by atoms with Crippen LogP contribution in [-0.2, 0) is 14.3 Å². The molecule has 12 heavy (non-hydrogen) atoms. The predicted octanol–water partition coefficient (Wildman–Crippen LogP) is -0.0700. The summed E-state index contributed by atoms with van der Waals surface area (Å²) in [6.07, 6.45) is -0.600. The first-order valence-electron chi connectivity index (χ1n) is 3.95. The fraction of sp³-hybridized carbons (Fsp3) is 0.750. The van der Waals surface area contributed by atoms with Crippen molar-refractivity contribution >= 4 is 11.8 Å². The molecule has 1 saturated heterocycles. The number of nitrogens with one attached hydrogen (secondary N) is 1. The Labute approximate surface area is 71.3 Å². The number of hydrogen-bond acceptors (Lipinski definition) is 3. The third kappa shape index (κ3) is 1.34. The minimum Gasteiger partial charge on any atom is -0.371 e. The van der Waals surface area contributed by atoms with Crippen LogP contribution in [0.1, 0.15) is 13.8 Å². The van der Waals surface area contributed by atoms with E-state index in [4.69, 9.17) is 4.74 Å². The van der Waals surface area contributed by atoms with Gasteiger partial charge in [-0.25, -0.2) is 0 Å². The van der Waals surface area contributed by atoms with E-state index in [1.54, 1.807) is 0 Å². The summed E-state index contributed by atoms with van der Waals surface area (Å²) in [5, 5.41) is 2.25. The predicted molar refractivity (Wildman–Crippen MR) is 42.3 cm³/mol. The number of ether oxygens (including phenoxy) is 1. The molecule has 1 rings (SSSR count). The summed E-state index contributed by atoms with van der Waals surface area (Å²) in [6.45, 7) is 3.80. The molecule has 0 saturated carbocycles. The van der Waals surface area contributed by atoms with Gasteiger partial charge in [-0.15, -0.1) is 0 Å². The van der Waals surface area contributed by atoms with E-state index in [0.29, 0.717) is 0 Å². The monoisotopic (exact) mass is 171 g/mol. The van der Waals surface area contributed by atoms with Gasteiger partial charge in [-0.2, -0.15) is 0 Å². The third-order valence-electron chi connectivity index (χ3n) is 2.11. The second-order valence-electron chi connectivity index (χ2n) is 3.28. The number of amides is 2. The molecule has 2 unspecified atom stereocenters. The van der Waals surface area contributed by atoms with E-state index in [-0.39, 0.29) is 23.7 Å². The first-order chi connectivity index (χ1) is 5.57. The lowest BCUT2D eigenvalue weighted by Gasteiger charge is -2.16. The molecule has 0 spiro atoms. The Balaban J connectivity index is 2.82. The Bertz CT molecular complexity index is 212. The minimum absolute atomic E-state index is 0.126. The summed E-state index contributed by atoms with van der Waals surface area (Å²) in [6, 6.07) is 0. The van der Waals surface area contributed by atoms with Crippen LogP contribution in [0.2, 0.25) is 0 Å². The van der Waals surface area contributed by atoms with Gasteiger partial charge in [0.05, 0.1) is 5.92 Å². The topological polar surface area (TPSA) is 55.4 Å². The van der Waals surface area contributed by atoms with Crippen molar-refractivity contribution in [3.8, 4) is 0 Å². The van der Waals surface area contributed by atoms with Gasteiger partial charge in [-0.1, -0.05) is 13.8 Å². The molecule has 0 radical (unpaired) electrons. The Morgan fingerprint density at radius 3 is 2.25 bits per heavy atom. The van der Waals surface area contributed by atoms with Crippen molar-refractivity contribution in [3.05, 3.63) is 0 Å². The number of hydrogen-bond donors (Lipinski definition) is 1. The summed E-state index contributed by atoms with van der Waals surface area (Å²) in [5.41, 5.74) is 0. The van der Waals surface area contributed by atoms with E-state index in [9.17, 15) is 9.59 Å². The largest absolute Gasteiger partial charge is 0.371 e. The average Bonchev–Trinajstić information content (AvgIpc) is 2.24. The molecule has 0 aromatic heterocycles. The second-order valence-corrected chi connectivity index (χ2v) is 3.28. The van der Waals surface area contributed by atoms with Crippen LogP contribution in [0.25, 0.3) is 0 Å². The first kappa shape index (κ1) is 9.19. The highest BCUT2D eigenvalue weighted by atomic mass is 16.5. The Kier molecular flexibility index (Phi) is 2.47. The van der Waals surface area contributed by atoms with Crippen LogP contribution >= 0.6 is 0 Å².